The van der Waals surface area contributed by atoms with E-state index in [1.54, 1.807) is 7.05 Å². The van der Waals surface area contributed by atoms with Crippen LogP contribution in [0, 0.1) is 5.82 Å². The van der Waals surface area contributed by atoms with Crippen molar-refractivity contribution < 1.29 is 22.3 Å². The van der Waals surface area contributed by atoms with E-state index in [4.69, 9.17) is 4.74 Å². The van der Waals surface area contributed by atoms with E-state index in [9.17, 15) is 17.6 Å². The van der Waals surface area contributed by atoms with Gasteiger partial charge in [-0.3, -0.25) is 0 Å². The zero-order valence-electron chi connectivity index (χ0n) is 9.07. The Kier molecular flexibility index (Phi) is 3.09. The van der Waals surface area contributed by atoms with Gasteiger partial charge in [0.05, 0.1) is 24.8 Å². The first-order chi connectivity index (χ1) is 7.95. The van der Waals surface area contributed by atoms with Crippen LogP contribution < -0.4 is 5.32 Å². The third-order valence-electron chi connectivity index (χ3n) is 2.84. The molecule has 6 heteroatoms. The van der Waals surface area contributed by atoms with E-state index in [1.165, 1.54) is 6.07 Å². The van der Waals surface area contributed by atoms with E-state index in [1.807, 2.05) is 0 Å². The van der Waals surface area contributed by atoms with Gasteiger partial charge in [0.15, 0.2) is 0 Å². The second kappa shape index (κ2) is 4.27. The van der Waals surface area contributed by atoms with Gasteiger partial charge < -0.3 is 10.1 Å². The van der Waals surface area contributed by atoms with E-state index in [-0.39, 0.29) is 18.2 Å². The van der Waals surface area contributed by atoms with Gasteiger partial charge in [-0.2, -0.15) is 13.2 Å². The number of nitrogens with one attached hydrogen (secondary N) is 1. The fourth-order valence-electron chi connectivity index (χ4n) is 1.94. The van der Waals surface area contributed by atoms with Crippen LogP contribution in [0.5, 0.6) is 0 Å². The molecular weight excluding hydrogens is 238 g/mol. The highest BCUT2D eigenvalue weighted by Gasteiger charge is 2.36. The molecule has 1 aliphatic rings. The third kappa shape index (κ3) is 2.14. The first-order valence-corrected chi connectivity index (χ1v) is 5.08. The monoisotopic (exact) mass is 249 g/mol. The van der Waals surface area contributed by atoms with E-state index in [2.05, 4.69) is 5.32 Å². The van der Waals surface area contributed by atoms with E-state index in [0.29, 0.717) is 12.2 Å². The lowest BCUT2D eigenvalue weighted by Crippen LogP contribution is -2.28. The first kappa shape index (κ1) is 12.3. The lowest BCUT2D eigenvalue weighted by molar-refractivity contribution is -0.140. The predicted molar refractivity (Wildman–Crippen MR) is 52.9 cm³/mol. The van der Waals surface area contributed by atoms with Crippen molar-refractivity contribution in [3.05, 3.63) is 34.6 Å². The zero-order valence-corrected chi connectivity index (χ0v) is 9.07. The zero-order chi connectivity index (χ0) is 12.6. The van der Waals surface area contributed by atoms with Gasteiger partial charge >= 0.3 is 6.18 Å². The number of hydrogen-bond donors (Lipinski definition) is 1. The molecule has 0 radical (unpaired) electrons. The van der Waals surface area contributed by atoms with E-state index in [0.717, 1.165) is 6.07 Å². The smallest absolute Gasteiger partial charge is 0.375 e. The number of likely N-dealkylation sites (N-methyl/N-ethyl adjacent to an activating group) is 1. The second-order valence-electron chi connectivity index (χ2n) is 3.85. The maximum absolute atomic E-state index is 13.7. The van der Waals surface area contributed by atoms with Crippen molar-refractivity contribution in [2.75, 3.05) is 13.7 Å². The standard InChI is InChI=1S/C11H11F4NO/c1-16-9-5-17-4-7-6(9)2-3-8(10(7)12)11(13,14)15/h2-3,9,16H,4-5H2,1H3. The molecule has 0 saturated carbocycles. The van der Waals surface area contributed by atoms with Gasteiger partial charge in [0.1, 0.15) is 5.82 Å². The molecule has 1 N–H and O–H groups in total. The summed E-state index contributed by atoms with van der Waals surface area (Å²) < 4.78 is 56.3. The molecule has 0 amide bonds. The van der Waals surface area contributed by atoms with Crippen molar-refractivity contribution in [1.82, 2.24) is 5.32 Å². The summed E-state index contributed by atoms with van der Waals surface area (Å²) in [7, 11) is 1.65. The third-order valence-corrected chi connectivity index (χ3v) is 2.84. The van der Waals surface area contributed by atoms with Gasteiger partial charge in [0.25, 0.3) is 0 Å². The average Bonchev–Trinajstić information content (AvgIpc) is 2.27. The molecule has 1 aromatic rings. The summed E-state index contributed by atoms with van der Waals surface area (Å²) >= 11 is 0. The Bertz CT molecular complexity index is 430. The fraction of sp³-hybridized carbons (Fsp3) is 0.455. The fourth-order valence-corrected chi connectivity index (χ4v) is 1.94. The molecule has 0 spiro atoms. The van der Waals surface area contributed by atoms with Crippen LogP contribution in [-0.4, -0.2) is 13.7 Å². The van der Waals surface area contributed by atoms with Gasteiger partial charge in [-0.1, -0.05) is 6.07 Å². The summed E-state index contributed by atoms with van der Waals surface area (Å²) in [5.41, 5.74) is -0.716. The molecule has 2 rings (SSSR count). The maximum Gasteiger partial charge on any atom is 0.419 e. The molecule has 0 saturated heterocycles. The molecule has 1 unspecified atom stereocenters. The van der Waals surface area contributed by atoms with Crippen LogP contribution in [0.3, 0.4) is 0 Å². The molecule has 94 valence electrons. The number of alkyl halides is 3. The van der Waals surface area contributed by atoms with Crippen molar-refractivity contribution in [3.8, 4) is 0 Å². The van der Waals surface area contributed by atoms with Gasteiger partial charge in [-0.25, -0.2) is 4.39 Å². The minimum atomic E-state index is -4.67. The van der Waals surface area contributed by atoms with Crippen LogP contribution in [-0.2, 0) is 17.5 Å². The summed E-state index contributed by atoms with van der Waals surface area (Å²) in [5, 5.41) is 2.87. The summed E-state index contributed by atoms with van der Waals surface area (Å²) in [6.07, 6.45) is -4.67. The Labute approximate surface area is 95.6 Å². The Balaban J connectivity index is 2.52. The molecule has 17 heavy (non-hydrogen) atoms. The SMILES string of the molecule is CNC1COCc2c1ccc(C(F)(F)F)c2F. The second-order valence-corrected chi connectivity index (χ2v) is 3.85. The van der Waals surface area contributed by atoms with Crippen LogP contribution in [0.1, 0.15) is 22.7 Å². The molecule has 0 bridgehead atoms. The number of fused-ring (bicyclic) bond motifs is 1. The summed E-state index contributed by atoms with van der Waals surface area (Å²) in [6, 6.07) is 1.82. The summed E-state index contributed by atoms with van der Waals surface area (Å²) in [5.74, 6) is -1.23. The topological polar surface area (TPSA) is 21.3 Å². The minimum absolute atomic E-state index is 0.00887. The van der Waals surface area contributed by atoms with Crippen LogP contribution >= 0.6 is 0 Å². The average molecular weight is 249 g/mol. The molecule has 1 heterocycles. The molecule has 0 fully saturated rings. The van der Waals surface area contributed by atoms with Gasteiger partial charge in [-0.15, -0.1) is 0 Å². The Morgan fingerprint density at radius 1 is 1.35 bits per heavy atom. The predicted octanol–water partition coefficient (Wildman–Crippen LogP) is 2.64. The van der Waals surface area contributed by atoms with Crippen molar-refractivity contribution in [3.63, 3.8) is 0 Å². The molecule has 1 atom stereocenters. The quantitative estimate of drug-likeness (QED) is 0.772. The lowest BCUT2D eigenvalue weighted by atomic mass is 9.96. The maximum atomic E-state index is 13.7. The number of benzene rings is 1. The lowest BCUT2D eigenvalue weighted by Gasteiger charge is -2.26. The highest BCUT2D eigenvalue weighted by molar-refractivity contribution is 5.38. The van der Waals surface area contributed by atoms with Crippen molar-refractivity contribution in [2.24, 2.45) is 0 Å². The molecule has 0 aromatic heterocycles. The summed E-state index contributed by atoms with van der Waals surface area (Å²) in [4.78, 5) is 0. The van der Waals surface area contributed by atoms with Gasteiger partial charge in [-0.05, 0) is 18.7 Å². The number of ether oxygens (including phenoxy) is 1. The van der Waals surface area contributed by atoms with Crippen LogP contribution in [0.4, 0.5) is 17.6 Å². The van der Waals surface area contributed by atoms with Gasteiger partial charge in [0.2, 0.25) is 0 Å². The highest BCUT2D eigenvalue weighted by atomic mass is 19.4. The first-order valence-electron chi connectivity index (χ1n) is 5.08. The van der Waals surface area contributed by atoms with Crippen molar-refractivity contribution in [1.29, 1.82) is 0 Å². The molecule has 1 aromatic carbocycles. The molecule has 1 aliphatic heterocycles. The molecule has 0 aliphatic carbocycles. The van der Waals surface area contributed by atoms with E-state index >= 15 is 0 Å². The Hall–Kier alpha value is -1.14. The molecular formula is C11H11F4NO. The van der Waals surface area contributed by atoms with Crippen molar-refractivity contribution in [2.45, 2.75) is 18.8 Å². The minimum Gasteiger partial charge on any atom is -0.375 e. The van der Waals surface area contributed by atoms with E-state index < -0.39 is 17.6 Å². The van der Waals surface area contributed by atoms with Gasteiger partial charge in [0, 0.05) is 5.56 Å². The number of halogens is 4. The van der Waals surface area contributed by atoms with Crippen LogP contribution in [0.15, 0.2) is 12.1 Å². The summed E-state index contributed by atoms with van der Waals surface area (Å²) in [6.45, 7) is 0.206. The number of rotatable bonds is 1. The molecule has 2 nitrogen and oxygen atoms in total. The number of hydrogen-bond acceptors (Lipinski definition) is 2. The Morgan fingerprint density at radius 2 is 2.06 bits per heavy atom. The van der Waals surface area contributed by atoms with Crippen molar-refractivity contribution >= 4 is 0 Å². The Morgan fingerprint density at radius 3 is 2.65 bits per heavy atom. The normalized spacial score (nSPS) is 20.2. The highest BCUT2D eigenvalue weighted by Crippen LogP contribution is 2.36. The van der Waals surface area contributed by atoms with Crippen LogP contribution in [0.25, 0.3) is 0 Å². The van der Waals surface area contributed by atoms with Crippen LogP contribution in [0.2, 0.25) is 0 Å². The largest absolute Gasteiger partial charge is 0.419 e.